The van der Waals surface area contributed by atoms with E-state index in [1.807, 2.05) is 27.7 Å². The fraction of sp³-hybridized carbons (Fsp3) is 0.500. The Hall–Kier alpha value is -2.06. The van der Waals surface area contributed by atoms with E-state index in [1.165, 1.54) is 0 Å². The third-order valence-electron chi connectivity index (χ3n) is 2.84. The second-order valence-corrected chi connectivity index (χ2v) is 7.03. The summed E-state index contributed by atoms with van der Waals surface area (Å²) in [6, 6.07) is 0. The number of carbonyl (C=O) groups is 4. The van der Waals surface area contributed by atoms with Crippen LogP contribution in [0.15, 0.2) is 21.5 Å². The number of ether oxygens (including phenoxy) is 2. The zero-order valence-electron chi connectivity index (χ0n) is 14.8. The lowest BCUT2D eigenvalue weighted by Crippen LogP contribution is -2.38. The SMILES string of the molecule is CC(C)COC(=O)NC1=C(Cl)C(=O)C(NC(=O)OCC(C)C)=C(Cl)C1=O. The van der Waals surface area contributed by atoms with Crippen LogP contribution in [0.3, 0.4) is 0 Å². The van der Waals surface area contributed by atoms with Gasteiger partial charge in [-0.15, -0.1) is 0 Å². The number of hydrogen-bond donors (Lipinski definition) is 2. The third kappa shape index (κ3) is 6.03. The van der Waals surface area contributed by atoms with Crippen molar-refractivity contribution >= 4 is 47.0 Å². The summed E-state index contributed by atoms with van der Waals surface area (Å²) in [5.41, 5.74) is -1.03. The van der Waals surface area contributed by atoms with Crippen LogP contribution in [0.2, 0.25) is 0 Å². The van der Waals surface area contributed by atoms with Gasteiger partial charge in [0.1, 0.15) is 21.5 Å². The Kier molecular flexibility index (Phi) is 8.10. The number of ketones is 2. The molecule has 0 unspecified atom stereocenters. The summed E-state index contributed by atoms with van der Waals surface area (Å²) < 4.78 is 9.73. The molecular formula is C16H20Cl2N2O6. The summed E-state index contributed by atoms with van der Waals surface area (Å²) >= 11 is 11.7. The molecule has 1 aliphatic carbocycles. The van der Waals surface area contributed by atoms with Gasteiger partial charge in [-0.05, 0) is 11.8 Å². The van der Waals surface area contributed by atoms with E-state index in [4.69, 9.17) is 32.7 Å². The van der Waals surface area contributed by atoms with E-state index >= 15 is 0 Å². The van der Waals surface area contributed by atoms with Crippen molar-refractivity contribution in [3.63, 3.8) is 0 Å². The number of carbonyl (C=O) groups excluding carboxylic acids is 4. The highest BCUT2D eigenvalue weighted by atomic mass is 35.5. The van der Waals surface area contributed by atoms with E-state index < -0.39 is 45.2 Å². The molecule has 0 saturated heterocycles. The van der Waals surface area contributed by atoms with Crippen LogP contribution < -0.4 is 10.6 Å². The smallest absolute Gasteiger partial charge is 0.411 e. The molecule has 0 aromatic rings. The Balaban J connectivity index is 2.88. The van der Waals surface area contributed by atoms with Gasteiger partial charge >= 0.3 is 12.2 Å². The minimum Gasteiger partial charge on any atom is -0.449 e. The van der Waals surface area contributed by atoms with Crippen LogP contribution in [-0.4, -0.2) is 37.0 Å². The number of hydrogen-bond acceptors (Lipinski definition) is 6. The summed E-state index contributed by atoms with van der Waals surface area (Å²) in [5.74, 6) is -1.72. The van der Waals surface area contributed by atoms with Gasteiger partial charge in [-0.3, -0.25) is 20.2 Å². The molecule has 1 rings (SSSR count). The summed E-state index contributed by atoms with van der Waals surface area (Å²) in [5, 5.41) is 3.01. The van der Waals surface area contributed by atoms with Gasteiger partial charge in [-0.25, -0.2) is 9.59 Å². The Morgan fingerprint density at radius 1 is 0.808 bits per heavy atom. The number of alkyl carbamates (subject to hydrolysis) is 2. The molecule has 0 spiro atoms. The Morgan fingerprint density at radius 3 is 1.38 bits per heavy atom. The molecule has 0 aliphatic heterocycles. The number of amides is 2. The van der Waals surface area contributed by atoms with Crippen LogP contribution in [0, 0.1) is 11.8 Å². The molecule has 0 heterocycles. The second-order valence-electron chi connectivity index (χ2n) is 6.27. The topological polar surface area (TPSA) is 111 Å². The first-order chi connectivity index (χ1) is 12.0. The van der Waals surface area contributed by atoms with Gasteiger partial charge < -0.3 is 9.47 Å². The fourth-order valence-corrected chi connectivity index (χ4v) is 2.09. The molecular weight excluding hydrogens is 387 g/mol. The zero-order chi connectivity index (χ0) is 20.0. The van der Waals surface area contributed by atoms with Crippen LogP contribution in [0.1, 0.15) is 27.7 Å². The van der Waals surface area contributed by atoms with Crippen molar-refractivity contribution in [3.8, 4) is 0 Å². The standard InChI is InChI=1S/C16H20Cl2N2O6/c1-7(2)5-25-15(23)19-11-9(17)14(22)12(10(18)13(11)21)20-16(24)26-6-8(3)4/h7-8H,5-6H2,1-4H3,(H,19,23)(H,20,24). The van der Waals surface area contributed by atoms with Crippen LogP contribution in [0.25, 0.3) is 0 Å². The molecule has 0 bridgehead atoms. The maximum atomic E-state index is 12.3. The van der Waals surface area contributed by atoms with Crippen molar-refractivity contribution < 1.29 is 28.7 Å². The van der Waals surface area contributed by atoms with Gasteiger partial charge in [0.15, 0.2) is 0 Å². The van der Waals surface area contributed by atoms with E-state index in [9.17, 15) is 19.2 Å². The van der Waals surface area contributed by atoms with E-state index in [1.54, 1.807) is 0 Å². The predicted molar refractivity (Wildman–Crippen MR) is 94.4 cm³/mol. The quantitative estimate of drug-likeness (QED) is 0.655. The van der Waals surface area contributed by atoms with Crippen LogP contribution in [-0.2, 0) is 19.1 Å². The highest BCUT2D eigenvalue weighted by Gasteiger charge is 2.35. The van der Waals surface area contributed by atoms with Gasteiger partial charge in [0.2, 0.25) is 11.6 Å². The number of allylic oxidation sites excluding steroid dienone is 2. The highest BCUT2D eigenvalue weighted by Crippen LogP contribution is 2.27. The molecule has 0 aromatic heterocycles. The highest BCUT2D eigenvalue weighted by molar-refractivity contribution is 6.56. The molecule has 0 radical (unpaired) electrons. The van der Waals surface area contributed by atoms with E-state index in [-0.39, 0.29) is 25.0 Å². The summed E-state index contributed by atoms with van der Waals surface area (Å²) in [7, 11) is 0. The van der Waals surface area contributed by atoms with Crippen molar-refractivity contribution in [2.75, 3.05) is 13.2 Å². The Morgan fingerprint density at radius 2 is 1.12 bits per heavy atom. The maximum Gasteiger partial charge on any atom is 0.411 e. The first kappa shape index (κ1) is 22.0. The maximum absolute atomic E-state index is 12.3. The second kappa shape index (κ2) is 9.59. The molecule has 0 saturated carbocycles. The van der Waals surface area contributed by atoms with Gasteiger partial charge in [0.25, 0.3) is 0 Å². The van der Waals surface area contributed by atoms with E-state index in [0.717, 1.165) is 0 Å². The molecule has 2 N–H and O–H groups in total. The van der Waals surface area contributed by atoms with E-state index in [0.29, 0.717) is 0 Å². The zero-order valence-corrected chi connectivity index (χ0v) is 16.3. The molecule has 144 valence electrons. The molecule has 2 amide bonds. The average molecular weight is 407 g/mol. The number of Topliss-reactive ketones (excluding diaryl/α,β-unsaturated/α-hetero) is 2. The van der Waals surface area contributed by atoms with Crippen LogP contribution >= 0.6 is 23.2 Å². The number of halogens is 2. The first-order valence-corrected chi connectivity index (χ1v) is 8.56. The monoisotopic (exact) mass is 406 g/mol. The normalized spacial score (nSPS) is 14.9. The van der Waals surface area contributed by atoms with Crippen molar-refractivity contribution in [1.82, 2.24) is 10.6 Å². The minimum atomic E-state index is -0.954. The lowest BCUT2D eigenvalue weighted by atomic mass is 10.1. The molecule has 1 aliphatic rings. The summed E-state index contributed by atoms with van der Waals surface area (Å²) in [6.07, 6.45) is -1.91. The molecule has 0 fully saturated rings. The largest absolute Gasteiger partial charge is 0.449 e. The molecule has 0 atom stereocenters. The summed E-state index contributed by atoms with van der Waals surface area (Å²) in [4.78, 5) is 47.9. The van der Waals surface area contributed by atoms with Gasteiger partial charge in [0.05, 0.1) is 13.2 Å². The summed E-state index contributed by atoms with van der Waals surface area (Å²) in [6.45, 7) is 7.51. The van der Waals surface area contributed by atoms with E-state index in [2.05, 4.69) is 10.6 Å². The lowest BCUT2D eigenvalue weighted by molar-refractivity contribution is -0.116. The Bertz CT molecular complexity index is 624. The van der Waals surface area contributed by atoms with Crippen molar-refractivity contribution in [3.05, 3.63) is 21.5 Å². The number of rotatable bonds is 6. The number of nitrogens with one attached hydrogen (secondary N) is 2. The van der Waals surface area contributed by atoms with Gasteiger partial charge in [0, 0.05) is 0 Å². The lowest BCUT2D eigenvalue weighted by Gasteiger charge is -2.19. The third-order valence-corrected chi connectivity index (χ3v) is 3.56. The molecule has 10 heteroatoms. The van der Waals surface area contributed by atoms with Crippen molar-refractivity contribution in [1.29, 1.82) is 0 Å². The molecule has 8 nitrogen and oxygen atoms in total. The van der Waals surface area contributed by atoms with Crippen LogP contribution in [0.5, 0.6) is 0 Å². The average Bonchev–Trinajstić information content (AvgIpc) is 2.57. The predicted octanol–water partition coefficient (Wildman–Crippen LogP) is 2.80. The minimum absolute atomic E-state index is 0.0741. The van der Waals surface area contributed by atoms with Crippen molar-refractivity contribution in [2.24, 2.45) is 11.8 Å². The first-order valence-electron chi connectivity index (χ1n) is 7.81. The molecule has 0 aromatic carbocycles. The van der Waals surface area contributed by atoms with Gasteiger partial charge in [-0.1, -0.05) is 50.9 Å². The fourth-order valence-electron chi connectivity index (χ4n) is 1.63. The van der Waals surface area contributed by atoms with Crippen molar-refractivity contribution in [2.45, 2.75) is 27.7 Å². The molecule has 26 heavy (non-hydrogen) atoms. The Labute approximate surface area is 160 Å². The van der Waals surface area contributed by atoms with Gasteiger partial charge in [-0.2, -0.15) is 0 Å². The van der Waals surface area contributed by atoms with Crippen LogP contribution in [0.4, 0.5) is 9.59 Å².